The quantitative estimate of drug-likeness (QED) is 0.552. The van der Waals surface area contributed by atoms with Crippen LogP contribution in [-0.4, -0.2) is 57.7 Å². The number of hydrogen-bond donors (Lipinski definition) is 4. The largest absolute Gasteiger partial charge is 0.462 e. The molecule has 1 heterocycles. The van der Waals surface area contributed by atoms with Crippen LogP contribution in [0.4, 0.5) is 0 Å². The molecule has 1 saturated heterocycles. The van der Waals surface area contributed by atoms with Gasteiger partial charge in [-0.15, -0.1) is 6.58 Å². The van der Waals surface area contributed by atoms with Gasteiger partial charge >= 0.3 is 0 Å². The van der Waals surface area contributed by atoms with E-state index in [1.54, 1.807) is 18.2 Å². The number of ether oxygens (including phenoxy) is 2. The highest BCUT2D eigenvalue weighted by Crippen LogP contribution is 2.24. The van der Waals surface area contributed by atoms with Crippen LogP contribution in [0.15, 0.2) is 36.9 Å². The molecule has 4 N–H and O–H groups in total. The van der Waals surface area contributed by atoms with Gasteiger partial charge in [0.05, 0.1) is 6.61 Å². The zero-order valence-corrected chi connectivity index (χ0v) is 11.5. The van der Waals surface area contributed by atoms with E-state index in [9.17, 15) is 15.3 Å². The number of benzene rings is 1. The SMILES string of the molecule is C=CCc1ccc(O[C@H]2O[C@@H](CO)[C@H](O)[C@H](O)[C@@H]2O)cc1. The molecule has 0 bridgehead atoms. The van der Waals surface area contributed by atoms with Crippen LogP contribution in [-0.2, 0) is 11.2 Å². The highest BCUT2D eigenvalue weighted by atomic mass is 16.7. The summed E-state index contributed by atoms with van der Waals surface area (Å²) < 4.78 is 10.7. The van der Waals surface area contributed by atoms with Crippen molar-refractivity contribution in [3.63, 3.8) is 0 Å². The Morgan fingerprint density at radius 1 is 1.10 bits per heavy atom. The highest BCUT2D eigenvalue weighted by molar-refractivity contribution is 5.28. The topological polar surface area (TPSA) is 99.4 Å². The summed E-state index contributed by atoms with van der Waals surface area (Å²) in [6.07, 6.45) is -3.86. The van der Waals surface area contributed by atoms with Crippen molar-refractivity contribution >= 4 is 0 Å². The van der Waals surface area contributed by atoms with Crippen molar-refractivity contribution in [3.05, 3.63) is 42.5 Å². The summed E-state index contributed by atoms with van der Waals surface area (Å²) in [4.78, 5) is 0. The van der Waals surface area contributed by atoms with Crippen LogP contribution in [0.25, 0.3) is 0 Å². The van der Waals surface area contributed by atoms with Crippen molar-refractivity contribution in [2.75, 3.05) is 6.61 Å². The van der Waals surface area contributed by atoms with Crippen molar-refractivity contribution in [2.45, 2.75) is 37.1 Å². The Morgan fingerprint density at radius 3 is 2.33 bits per heavy atom. The molecule has 0 amide bonds. The molecule has 0 spiro atoms. The van der Waals surface area contributed by atoms with Crippen LogP contribution >= 0.6 is 0 Å². The molecule has 1 aromatic carbocycles. The number of rotatable bonds is 5. The molecule has 116 valence electrons. The Kier molecular flexibility index (Phi) is 5.33. The maximum atomic E-state index is 9.87. The zero-order valence-electron chi connectivity index (χ0n) is 11.5. The van der Waals surface area contributed by atoms with Crippen LogP contribution in [0.3, 0.4) is 0 Å². The minimum Gasteiger partial charge on any atom is -0.462 e. The Morgan fingerprint density at radius 2 is 1.76 bits per heavy atom. The molecule has 6 nitrogen and oxygen atoms in total. The molecule has 1 aromatic rings. The lowest BCUT2D eigenvalue weighted by Gasteiger charge is -2.39. The number of allylic oxidation sites excluding steroid dienone is 1. The fraction of sp³-hybridized carbons (Fsp3) is 0.467. The second-order valence-corrected chi connectivity index (χ2v) is 4.95. The summed E-state index contributed by atoms with van der Waals surface area (Å²) >= 11 is 0. The molecule has 6 heteroatoms. The average Bonchev–Trinajstić information content (AvgIpc) is 2.50. The first kappa shape index (κ1) is 15.9. The van der Waals surface area contributed by atoms with E-state index in [2.05, 4.69) is 6.58 Å². The molecule has 1 aliphatic heterocycles. The van der Waals surface area contributed by atoms with Crippen LogP contribution in [0.1, 0.15) is 5.56 Å². The fourth-order valence-corrected chi connectivity index (χ4v) is 2.17. The van der Waals surface area contributed by atoms with E-state index in [1.807, 2.05) is 12.1 Å². The summed E-state index contributed by atoms with van der Waals surface area (Å²) in [5, 5.41) is 38.3. The van der Waals surface area contributed by atoms with Gasteiger partial charge in [-0.2, -0.15) is 0 Å². The van der Waals surface area contributed by atoms with Gasteiger partial charge in [0.2, 0.25) is 6.29 Å². The van der Waals surface area contributed by atoms with Gasteiger partial charge in [0.1, 0.15) is 30.2 Å². The van der Waals surface area contributed by atoms with Crippen molar-refractivity contribution in [3.8, 4) is 5.75 Å². The smallest absolute Gasteiger partial charge is 0.229 e. The molecule has 0 aromatic heterocycles. The summed E-state index contributed by atoms with van der Waals surface area (Å²) in [7, 11) is 0. The van der Waals surface area contributed by atoms with Crippen LogP contribution < -0.4 is 4.74 Å². The summed E-state index contributed by atoms with van der Waals surface area (Å²) in [6.45, 7) is 3.17. The molecular weight excluding hydrogens is 276 g/mol. The normalized spacial score (nSPS) is 32.7. The van der Waals surface area contributed by atoms with E-state index in [1.165, 1.54) is 0 Å². The molecule has 5 atom stereocenters. The van der Waals surface area contributed by atoms with Crippen LogP contribution in [0.2, 0.25) is 0 Å². The third-order valence-corrected chi connectivity index (χ3v) is 3.40. The minimum atomic E-state index is -1.44. The third-order valence-electron chi connectivity index (χ3n) is 3.40. The van der Waals surface area contributed by atoms with Crippen LogP contribution in [0, 0.1) is 0 Å². The number of aliphatic hydroxyl groups is 4. The van der Waals surface area contributed by atoms with E-state index < -0.39 is 37.3 Å². The molecule has 0 aliphatic carbocycles. The van der Waals surface area contributed by atoms with E-state index in [4.69, 9.17) is 14.6 Å². The third kappa shape index (κ3) is 3.61. The Balaban J connectivity index is 2.05. The van der Waals surface area contributed by atoms with Crippen molar-refractivity contribution in [2.24, 2.45) is 0 Å². The average molecular weight is 296 g/mol. The van der Waals surface area contributed by atoms with Gasteiger partial charge in [-0.3, -0.25) is 0 Å². The van der Waals surface area contributed by atoms with Gasteiger partial charge in [0.25, 0.3) is 0 Å². The first-order valence-corrected chi connectivity index (χ1v) is 6.74. The fourth-order valence-electron chi connectivity index (χ4n) is 2.17. The zero-order chi connectivity index (χ0) is 15.4. The Bertz CT molecular complexity index is 458. The van der Waals surface area contributed by atoms with Gasteiger partial charge in [0, 0.05) is 0 Å². The van der Waals surface area contributed by atoms with E-state index in [0.29, 0.717) is 5.75 Å². The Labute approximate surface area is 122 Å². The lowest BCUT2D eigenvalue weighted by Crippen LogP contribution is -2.60. The van der Waals surface area contributed by atoms with Gasteiger partial charge in [-0.25, -0.2) is 0 Å². The predicted octanol–water partition coefficient (Wildman–Crippen LogP) is -0.406. The molecule has 1 fully saturated rings. The monoisotopic (exact) mass is 296 g/mol. The second kappa shape index (κ2) is 7.02. The lowest BCUT2D eigenvalue weighted by atomic mass is 9.99. The number of aliphatic hydroxyl groups excluding tert-OH is 4. The van der Waals surface area contributed by atoms with Crippen molar-refractivity contribution < 1.29 is 29.9 Å². The van der Waals surface area contributed by atoms with Gasteiger partial charge in [0.15, 0.2) is 0 Å². The molecular formula is C15H20O6. The Hall–Kier alpha value is -1.44. The summed E-state index contributed by atoms with van der Waals surface area (Å²) in [5.41, 5.74) is 1.06. The first-order chi connectivity index (χ1) is 10.1. The molecule has 2 rings (SSSR count). The molecule has 1 aliphatic rings. The summed E-state index contributed by atoms with van der Waals surface area (Å²) in [6, 6.07) is 7.11. The van der Waals surface area contributed by atoms with Gasteiger partial charge < -0.3 is 29.9 Å². The maximum absolute atomic E-state index is 9.87. The molecule has 0 radical (unpaired) electrons. The lowest BCUT2D eigenvalue weighted by molar-refractivity contribution is -0.277. The molecule has 0 saturated carbocycles. The molecule has 0 unspecified atom stereocenters. The van der Waals surface area contributed by atoms with Crippen LogP contribution in [0.5, 0.6) is 5.75 Å². The van der Waals surface area contributed by atoms with E-state index in [0.717, 1.165) is 12.0 Å². The highest BCUT2D eigenvalue weighted by Gasteiger charge is 2.44. The molecule has 21 heavy (non-hydrogen) atoms. The predicted molar refractivity (Wildman–Crippen MR) is 74.7 cm³/mol. The van der Waals surface area contributed by atoms with Crippen molar-refractivity contribution in [1.82, 2.24) is 0 Å². The van der Waals surface area contributed by atoms with Crippen molar-refractivity contribution in [1.29, 1.82) is 0 Å². The van der Waals surface area contributed by atoms with Gasteiger partial charge in [-0.05, 0) is 24.1 Å². The van der Waals surface area contributed by atoms with Gasteiger partial charge in [-0.1, -0.05) is 18.2 Å². The maximum Gasteiger partial charge on any atom is 0.229 e. The number of hydrogen-bond acceptors (Lipinski definition) is 6. The van der Waals surface area contributed by atoms with E-state index in [-0.39, 0.29) is 0 Å². The van der Waals surface area contributed by atoms with E-state index >= 15 is 0 Å². The summed E-state index contributed by atoms with van der Waals surface area (Å²) in [5.74, 6) is 0.451. The first-order valence-electron chi connectivity index (χ1n) is 6.74. The minimum absolute atomic E-state index is 0.451. The second-order valence-electron chi connectivity index (χ2n) is 4.95. The standard InChI is InChI=1S/C15H20O6/c1-2-3-9-4-6-10(7-5-9)20-15-14(19)13(18)12(17)11(8-16)21-15/h2,4-7,11-19H,1,3,8H2/t11-,12-,13-,14-,15-/m0/s1.